The zero-order valence-corrected chi connectivity index (χ0v) is 9.68. The molecular weight excluding hydrogens is 216 g/mol. The first-order valence-electron chi connectivity index (χ1n) is 5.80. The van der Waals surface area contributed by atoms with Crippen LogP contribution in [0.3, 0.4) is 0 Å². The monoisotopic (exact) mass is 230 g/mol. The molecule has 0 radical (unpaired) electrons. The summed E-state index contributed by atoms with van der Waals surface area (Å²) in [5.74, 6) is 1.16. The minimum absolute atomic E-state index is 0.532. The van der Waals surface area contributed by atoms with Crippen LogP contribution in [0.5, 0.6) is 0 Å². The minimum atomic E-state index is 0.532. The van der Waals surface area contributed by atoms with Crippen molar-refractivity contribution < 1.29 is 4.42 Å². The van der Waals surface area contributed by atoms with Gasteiger partial charge in [0.1, 0.15) is 0 Å². The molecule has 0 unspecified atom stereocenters. The molecule has 0 amide bonds. The lowest BCUT2D eigenvalue weighted by Gasteiger charge is -1.96. The Balaban J connectivity index is 1.72. The van der Waals surface area contributed by atoms with Crippen molar-refractivity contribution in [1.82, 2.24) is 20.5 Å². The Hall–Kier alpha value is -1.75. The summed E-state index contributed by atoms with van der Waals surface area (Å²) in [4.78, 5) is 4.21. The van der Waals surface area contributed by atoms with Crippen LogP contribution in [0.15, 0.2) is 22.7 Å². The van der Waals surface area contributed by atoms with Gasteiger partial charge in [-0.1, -0.05) is 0 Å². The van der Waals surface area contributed by atoms with E-state index in [0.29, 0.717) is 24.4 Å². The van der Waals surface area contributed by atoms with E-state index in [1.807, 2.05) is 19.1 Å². The normalized spacial score (nSPS) is 15.1. The number of aryl methyl sites for hydroxylation is 1. The SMILES string of the molecule is Cc1ccc(-c2nnc(CNC3CC3)o2)cn1. The van der Waals surface area contributed by atoms with Crippen LogP contribution in [0, 0.1) is 6.92 Å². The van der Waals surface area contributed by atoms with Crippen molar-refractivity contribution in [1.29, 1.82) is 0 Å². The molecule has 1 N–H and O–H groups in total. The quantitative estimate of drug-likeness (QED) is 0.866. The van der Waals surface area contributed by atoms with E-state index in [2.05, 4.69) is 20.5 Å². The Morgan fingerprint density at radius 2 is 2.24 bits per heavy atom. The van der Waals surface area contributed by atoms with Crippen molar-refractivity contribution in [3.05, 3.63) is 29.9 Å². The molecular formula is C12H14N4O. The fourth-order valence-corrected chi connectivity index (χ4v) is 1.56. The van der Waals surface area contributed by atoms with E-state index >= 15 is 0 Å². The molecule has 0 saturated heterocycles. The Labute approximate surface area is 99.3 Å². The number of hydrogen-bond acceptors (Lipinski definition) is 5. The lowest BCUT2D eigenvalue weighted by Crippen LogP contribution is -2.15. The smallest absolute Gasteiger partial charge is 0.249 e. The molecule has 3 rings (SSSR count). The van der Waals surface area contributed by atoms with Gasteiger partial charge in [0, 0.05) is 17.9 Å². The molecule has 17 heavy (non-hydrogen) atoms. The first-order chi connectivity index (χ1) is 8.31. The van der Waals surface area contributed by atoms with E-state index in [9.17, 15) is 0 Å². The molecule has 0 bridgehead atoms. The topological polar surface area (TPSA) is 63.8 Å². The second-order valence-corrected chi connectivity index (χ2v) is 4.34. The maximum absolute atomic E-state index is 5.56. The third-order valence-electron chi connectivity index (χ3n) is 2.74. The minimum Gasteiger partial charge on any atom is -0.419 e. The zero-order valence-electron chi connectivity index (χ0n) is 9.68. The second-order valence-electron chi connectivity index (χ2n) is 4.34. The van der Waals surface area contributed by atoms with E-state index in [-0.39, 0.29) is 0 Å². The summed E-state index contributed by atoms with van der Waals surface area (Å²) in [6.45, 7) is 2.60. The molecule has 0 aromatic carbocycles. The van der Waals surface area contributed by atoms with Gasteiger partial charge < -0.3 is 9.73 Å². The van der Waals surface area contributed by atoms with Crippen LogP contribution >= 0.6 is 0 Å². The fourth-order valence-electron chi connectivity index (χ4n) is 1.56. The number of pyridine rings is 1. The van der Waals surface area contributed by atoms with Gasteiger partial charge in [-0.3, -0.25) is 4.98 Å². The van der Waals surface area contributed by atoms with Crippen molar-refractivity contribution in [2.75, 3.05) is 0 Å². The molecule has 1 saturated carbocycles. The maximum Gasteiger partial charge on any atom is 0.249 e. The molecule has 2 heterocycles. The summed E-state index contributed by atoms with van der Waals surface area (Å²) in [5, 5.41) is 11.4. The number of aromatic nitrogens is 3. The summed E-state index contributed by atoms with van der Waals surface area (Å²) >= 11 is 0. The molecule has 0 aliphatic heterocycles. The third kappa shape index (κ3) is 2.50. The van der Waals surface area contributed by atoms with Crippen LogP contribution < -0.4 is 5.32 Å². The number of hydrogen-bond donors (Lipinski definition) is 1. The average molecular weight is 230 g/mol. The molecule has 0 atom stereocenters. The first-order valence-corrected chi connectivity index (χ1v) is 5.80. The summed E-state index contributed by atoms with van der Waals surface area (Å²) in [5.41, 5.74) is 1.84. The van der Waals surface area contributed by atoms with E-state index in [1.165, 1.54) is 12.8 Å². The van der Waals surface area contributed by atoms with Crippen molar-refractivity contribution in [3.63, 3.8) is 0 Å². The van der Waals surface area contributed by atoms with Crippen molar-refractivity contribution >= 4 is 0 Å². The van der Waals surface area contributed by atoms with Crippen LogP contribution in [0.25, 0.3) is 11.5 Å². The van der Waals surface area contributed by atoms with E-state index in [4.69, 9.17) is 4.42 Å². The van der Waals surface area contributed by atoms with Gasteiger partial charge in [0.05, 0.1) is 12.1 Å². The Bertz CT molecular complexity index is 501. The lowest BCUT2D eigenvalue weighted by atomic mass is 10.2. The molecule has 2 aromatic heterocycles. The van der Waals surface area contributed by atoms with Gasteiger partial charge in [-0.25, -0.2) is 0 Å². The van der Waals surface area contributed by atoms with Gasteiger partial charge in [-0.05, 0) is 31.9 Å². The fraction of sp³-hybridized carbons (Fsp3) is 0.417. The molecule has 2 aromatic rings. The molecule has 0 spiro atoms. The van der Waals surface area contributed by atoms with Gasteiger partial charge in [-0.15, -0.1) is 10.2 Å². The largest absolute Gasteiger partial charge is 0.419 e. The number of nitrogens with one attached hydrogen (secondary N) is 1. The van der Waals surface area contributed by atoms with E-state index < -0.39 is 0 Å². The van der Waals surface area contributed by atoms with Gasteiger partial charge >= 0.3 is 0 Å². The zero-order chi connectivity index (χ0) is 11.7. The average Bonchev–Trinajstić information content (AvgIpc) is 3.06. The summed E-state index contributed by atoms with van der Waals surface area (Å²) in [6.07, 6.45) is 4.26. The van der Waals surface area contributed by atoms with Crippen LogP contribution in [-0.2, 0) is 6.54 Å². The first kappa shape index (κ1) is 10.4. The Morgan fingerprint density at radius 3 is 2.94 bits per heavy atom. The molecule has 1 aliphatic carbocycles. The van der Waals surface area contributed by atoms with Crippen molar-refractivity contribution in [3.8, 4) is 11.5 Å². The van der Waals surface area contributed by atoms with Gasteiger partial charge in [-0.2, -0.15) is 0 Å². The highest BCUT2D eigenvalue weighted by Gasteiger charge is 2.21. The molecule has 1 aliphatic rings. The maximum atomic E-state index is 5.56. The van der Waals surface area contributed by atoms with Gasteiger partial charge in [0.2, 0.25) is 11.8 Å². The van der Waals surface area contributed by atoms with E-state index in [0.717, 1.165) is 11.3 Å². The van der Waals surface area contributed by atoms with Crippen LogP contribution in [0.4, 0.5) is 0 Å². The van der Waals surface area contributed by atoms with E-state index in [1.54, 1.807) is 6.20 Å². The highest BCUT2D eigenvalue weighted by atomic mass is 16.4. The molecule has 5 heteroatoms. The lowest BCUT2D eigenvalue weighted by molar-refractivity contribution is 0.476. The predicted molar refractivity (Wildman–Crippen MR) is 62.1 cm³/mol. The predicted octanol–water partition coefficient (Wildman–Crippen LogP) is 1.69. The number of rotatable bonds is 4. The van der Waals surface area contributed by atoms with Crippen molar-refractivity contribution in [2.45, 2.75) is 32.4 Å². The van der Waals surface area contributed by atoms with Crippen LogP contribution in [-0.4, -0.2) is 21.2 Å². The van der Waals surface area contributed by atoms with Gasteiger partial charge in [0.15, 0.2) is 0 Å². The standard InChI is InChI=1S/C12H14N4O/c1-8-2-3-9(6-13-8)12-16-15-11(17-12)7-14-10-4-5-10/h2-3,6,10,14H,4-5,7H2,1H3. The Kier molecular flexibility index (Phi) is 2.60. The second kappa shape index (κ2) is 4.25. The molecule has 5 nitrogen and oxygen atoms in total. The highest BCUT2D eigenvalue weighted by Crippen LogP contribution is 2.20. The van der Waals surface area contributed by atoms with Crippen molar-refractivity contribution in [2.24, 2.45) is 0 Å². The van der Waals surface area contributed by atoms with Crippen LogP contribution in [0.2, 0.25) is 0 Å². The summed E-state index contributed by atoms with van der Waals surface area (Å²) in [7, 11) is 0. The van der Waals surface area contributed by atoms with Gasteiger partial charge in [0.25, 0.3) is 0 Å². The third-order valence-corrected chi connectivity index (χ3v) is 2.74. The summed E-state index contributed by atoms with van der Waals surface area (Å²) in [6, 6.07) is 4.52. The molecule has 1 fully saturated rings. The Morgan fingerprint density at radius 1 is 1.35 bits per heavy atom. The van der Waals surface area contributed by atoms with Crippen LogP contribution in [0.1, 0.15) is 24.4 Å². The molecule has 88 valence electrons. The summed E-state index contributed by atoms with van der Waals surface area (Å²) < 4.78 is 5.56. The highest BCUT2D eigenvalue weighted by molar-refractivity contribution is 5.50. The number of nitrogens with zero attached hydrogens (tertiary/aromatic N) is 3.